The van der Waals surface area contributed by atoms with E-state index in [9.17, 15) is 14.9 Å². The lowest BCUT2D eigenvalue weighted by Crippen LogP contribution is -2.36. The van der Waals surface area contributed by atoms with Crippen LogP contribution in [0.3, 0.4) is 0 Å². The van der Waals surface area contributed by atoms with E-state index in [1.54, 1.807) is 18.2 Å². The molecule has 1 fully saturated rings. The van der Waals surface area contributed by atoms with Crippen LogP contribution in [0.5, 0.6) is 0 Å². The van der Waals surface area contributed by atoms with Crippen LogP contribution in [0.2, 0.25) is 5.02 Å². The minimum Gasteiger partial charge on any atom is -0.459 e. The summed E-state index contributed by atoms with van der Waals surface area (Å²) in [6.07, 6.45) is 6.57. The number of benzene rings is 1. The zero-order valence-corrected chi connectivity index (χ0v) is 18.9. The van der Waals surface area contributed by atoms with E-state index in [0.29, 0.717) is 41.1 Å². The van der Waals surface area contributed by atoms with Gasteiger partial charge < -0.3 is 9.40 Å². The summed E-state index contributed by atoms with van der Waals surface area (Å²) in [5.41, 5.74) is 1.88. The van der Waals surface area contributed by atoms with E-state index >= 15 is 0 Å². The Morgan fingerprint density at radius 1 is 1.21 bits per heavy atom. The maximum Gasteiger partial charge on any atom is 0.281 e. The van der Waals surface area contributed by atoms with Crippen LogP contribution in [-0.4, -0.2) is 26.3 Å². The molecule has 2 aromatic heterocycles. The smallest absolute Gasteiger partial charge is 0.281 e. The highest BCUT2D eigenvalue weighted by Crippen LogP contribution is 2.34. The van der Waals surface area contributed by atoms with Crippen molar-refractivity contribution in [3.63, 3.8) is 0 Å². The maximum absolute atomic E-state index is 12.8. The lowest BCUT2D eigenvalue weighted by molar-refractivity contribution is -0.384. The fraction of sp³-hybridized carbons (Fsp3) is 0.417. The molecule has 2 aliphatic rings. The number of fused-ring (bicyclic) bond motifs is 1. The van der Waals surface area contributed by atoms with Crippen molar-refractivity contribution >= 4 is 17.3 Å². The van der Waals surface area contributed by atoms with Crippen LogP contribution in [0.1, 0.15) is 60.9 Å². The average molecular weight is 469 g/mol. The molecule has 9 heteroatoms. The van der Waals surface area contributed by atoms with Gasteiger partial charge in [-0.15, -0.1) is 0 Å². The SMILES string of the molecule is O=c1[nH]c(C2CCCCC2)nc2c1CN(Cc1ccc(-c3ccc(Cl)cc3[N+](=O)[O-])o1)CC2. The molecule has 1 aliphatic carbocycles. The molecule has 1 saturated carbocycles. The van der Waals surface area contributed by atoms with Crippen LogP contribution in [0.4, 0.5) is 5.69 Å². The van der Waals surface area contributed by atoms with E-state index in [1.807, 2.05) is 6.07 Å². The lowest BCUT2D eigenvalue weighted by Gasteiger charge is -2.28. The van der Waals surface area contributed by atoms with E-state index in [2.05, 4.69) is 9.88 Å². The van der Waals surface area contributed by atoms with Gasteiger partial charge in [0.15, 0.2) is 0 Å². The number of nitrogens with one attached hydrogen (secondary N) is 1. The Morgan fingerprint density at radius 2 is 2.03 bits per heavy atom. The molecule has 5 rings (SSSR count). The Morgan fingerprint density at radius 3 is 2.82 bits per heavy atom. The van der Waals surface area contributed by atoms with E-state index in [0.717, 1.165) is 42.9 Å². The van der Waals surface area contributed by atoms with Crippen molar-refractivity contribution < 1.29 is 9.34 Å². The van der Waals surface area contributed by atoms with E-state index in [-0.39, 0.29) is 11.2 Å². The zero-order valence-electron chi connectivity index (χ0n) is 18.2. The lowest BCUT2D eigenvalue weighted by atomic mass is 9.88. The summed E-state index contributed by atoms with van der Waals surface area (Å²) in [5, 5.41) is 11.7. The Hall–Kier alpha value is -2.97. The number of hydrogen-bond acceptors (Lipinski definition) is 6. The number of aromatic nitrogens is 2. The fourth-order valence-corrected chi connectivity index (χ4v) is 5.06. The molecule has 172 valence electrons. The van der Waals surface area contributed by atoms with Crippen LogP contribution in [0, 0.1) is 10.1 Å². The number of nitro benzene ring substituents is 1. The van der Waals surface area contributed by atoms with Gasteiger partial charge in [-0.1, -0.05) is 30.9 Å². The summed E-state index contributed by atoms with van der Waals surface area (Å²) in [6, 6.07) is 8.07. The zero-order chi connectivity index (χ0) is 22.9. The first-order valence-electron chi connectivity index (χ1n) is 11.4. The van der Waals surface area contributed by atoms with Gasteiger partial charge in [0.25, 0.3) is 11.2 Å². The van der Waals surface area contributed by atoms with Crippen LogP contribution in [-0.2, 0) is 19.5 Å². The highest BCUT2D eigenvalue weighted by Gasteiger charge is 2.25. The molecule has 0 saturated heterocycles. The summed E-state index contributed by atoms with van der Waals surface area (Å²) in [5.74, 6) is 2.32. The predicted molar refractivity (Wildman–Crippen MR) is 124 cm³/mol. The average Bonchev–Trinajstić information content (AvgIpc) is 3.28. The molecule has 0 amide bonds. The normalized spacial score (nSPS) is 17.1. The van der Waals surface area contributed by atoms with Gasteiger partial charge in [-0.05, 0) is 37.1 Å². The molecule has 0 spiro atoms. The number of hydrogen-bond donors (Lipinski definition) is 1. The molecule has 1 aromatic carbocycles. The Balaban J connectivity index is 1.32. The molecule has 3 aromatic rings. The van der Waals surface area contributed by atoms with Gasteiger partial charge in [-0.25, -0.2) is 4.98 Å². The Labute approximate surface area is 195 Å². The number of nitro groups is 1. The van der Waals surface area contributed by atoms with Gasteiger partial charge in [0.2, 0.25) is 0 Å². The van der Waals surface area contributed by atoms with Gasteiger partial charge in [-0.3, -0.25) is 19.8 Å². The van der Waals surface area contributed by atoms with Gasteiger partial charge in [0, 0.05) is 36.5 Å². The van der Waals surface area contributed by atoms with Crippen molar-refractivity contribution in [2.24, 2.45) is 0 Å². The third kappa shape index (κ3) is 4.58. The number of halogens is 1. The van der Waals surface area contributed by atoms with Crippen LogP contribution in [0.15, 0.2) is 39.5 Å². The van der Waals surface area contributed by atoms with E-state index in [4.69, 9.17) is 21.0 Å². The van der Waals surface area contributed by atoms with Crippen LogP contribution in [0.25, 0.3) is 11.3 Å². The van der Waals surface area contributed by atoms with Crippen molar-refractivity contribution in [1.82, 2.24) is 14.9 Å². The first kappa shape index (κ1) is 21.9. The monoisotopic (exact) mass is 468 g/mol. The molecule has 0 bridgehead atoms. The standard InChI is InChI=1S/C24H25ClN4O4/c25-16-6-8-18(21(12-16)29(31)32)22-9-7-17(33-22)13-28-11-10-20-19(14-28)24(30)27-23(26-20)15-4-2-1-3-5-15/h6-9,12,15H,1-5,10-11,13-14H2,(H,26,27,30). The van der Waals surface area contributed by atoms with Gasteiger partial charge in [0.1, 0.15) is 17.3 Å². The predicted octanol–water partition coefficient (Wildman–Crippen LogP) is 5.20. The van der Waals surface area contributed by atoms with Crippen molar-refractivity contribution in [1.29, 1.82) is 0 Å². The quantitative estimate of drug-likeness (QED) is 0.407. The second-order valence-electron chi connectivity index (χ2n) is 8.86. The summed E-state index contributed by atoms with van der Waals surface area (Å²) in [6.45, 7) is 1.77. The van der Waals surface area contributed by atoms with Crippen molar-refractivity contribution in [3.05, 3.63) is 78.7 Å². The molecule has 1 aliphatic heterocycles. The molecule has 33 heavy (non-hydrogen) atoms. The minimum absolute atomic E-state index is 0.0396. The first-order chi connectivity index (χ1) is 16.0. The number of furan rings is 1. The van der Waals surface area contributed by atoms with Crippen molar-refractivity contribution in [3.8, 4) is 11.3 Å². The Bertz CT molecular complexity index is 1250. The fourth-order valence-electron chi connectivity index (χ4n) is 4.90. The molecule has 0 atom stereocenters. The maximum atomic E-state index is 12.8. The van der Waals surface area contributed by atoms with Gasteiger partial charge >= 0.3 is 0 Å². The number of aromatic amines is 1. The molecular weight excluding hydrogens is 444 g/mol. The number of H-pyrrole nitrogens is 1. The van der Waals surface area contributed by atoms with Crippen LogP contribution >= 0.6 is 11.6 Å². The van der Waals surface area contributed by atoms with E-state index in [1.165, 1.54) is 25.3 Å². The van der Waals surface area contributed by atoms with E-state index < -0.39 is 4.92 Å². The minimum atomic E-state index is -0.466. The van der Waals surface area contributed by atoms with Crippen molar-refractivity contribution in [2.45, 2.75) is 57.5 Å². The molecule has 3 heterocycles. The largest absolute Gasteiger partial charge is 0.459 e. The third-order valence-electron chi connectivity index (χ3n) is 6.62. The highest BCUT2D eigenvalue weighted by atomic mass is 35.5. The first-order valence-corrected chi connectivity index (χ1v) is 11.7. The second kappa shape index (κ2) is 9.11. The molecule has 8 nitrogen and oxygen atoms in total. The molecule has 1 N–H and O–H groups in total. The van der Waals surface area contributed by atoms with Gasteiger partial charge in [0.05, 0.1) is 28.3 Å². The Kier molecular flexibility index (Phi) is 6.03. The van der Waals surface area contributed by atoms with Crippen molar-refractivity contribution in [2.75, 3.05) is 6.54 Å². The molecule has 0 unspecified atom stereocenters. The summed E-state index contributed by atoms with van der Waals surface area (Å²) >= 11 is 5.92. The van der Waals surface area contributed by atoms with Gasteiger partial charge in [-0.2, -0.15) is 0 Å². The molecule has 0 radical (unpaired) electrons. The summed E-state index contributed by atoms with van der Waals surface area (Å²) < 4.78 is 5.93. The topological polar surface area (TPSA) is 105 Å². The van der Waals surface area contributed by atoms with Crippen LogP contribution < -0.4 is 5.56 Å². The third-order valence-corrected chi connectivity index (χ3v) is 6.86. The number of nitrogens with zero attached hydrogens (tertiary/aromatic N) is 3. The summed E-state index contributed by atoms with van der Waals surface area (Å²) in [4.78, 5) is 33.8. The number of rotatable bonds is 5. The summed E-state index contributed by atoms with van der Waals surface area (Å²) in [7, 11) is 0. The highest BCUT2D eigenvalue weighted by molar-refractivity contribution is 6.30. The second-order valence-corrected chi connectivity index (χ2v) is 9.29. The molecular formula is C24H25ClN4O4.